The summed E-state index contributed by atoms with van der Waals surface area (Å²) in [6.07, 6.45) is -2.21. The zero-order valence-electron chi connectivity index (χ0n) is 35.0. The number of rotatable bonds is 6. The number of carbonyl (C=O) groups is 3. The van der Waals surface area contributed by atoms with E-state index < -0.39 is 77.8 Å². The fourth-order valence-corrected chi connectivity index (χ4v) is 9.92. The van der Waals surface area contributed by atoms with Crippen LogP contribution in [0.4, 0.5) is 4.79 Å². The van der Waals surface area contributed by atoms with Gasteiger partial charge in [0.1, 0.15) is 17.9 Å². The van der Waals surface area contributed by atoms with Gasteiger partial charge < -0.3 is 38.4 Å². The lowest BCUT2D eigenvalue weighted by Gasteiger charge is -2.48. The van der Waals surface area contributed by atoms with Gasteiger partial charge in [-0.1, -0.05) is 33.8 Å². The topological polar surface area (TPSA) is 183 Å². The third-order valence-corrected chi connectivity index (χ3v) is 12.8. The van der Waals surface area contributed by atoms with Gasteiger partial charge in [-0.3, -0.25) is 24.5 Å². The van der Waals surface area contributed by atoms with Crippen LogP contribution >= 0.6 is 0 Å². The van der Waals surface area contributed by atoms with Gasteiger partial charge in [-0.25, -0.2) is 10.2 Å². The summed E-state index contributed by atoms with van der Waals surface area (Å²) in [5.41, 5.74) is 1.73. The van der Waals surface area contributed by atoms with Crippen molar-refractivity contribution in [2.45, 2.75) is 135 Å². The van der Waals surface area contributed by atoms with E-state index in [1.807, 2.05) is 53.6 Å². The molecular weight excluding hydrogens is 736 g/mol. The first-order chi connectivity index (χ1) is 27.0. The van der Waals surface area contributed by atoms with Gasteiger partial charge in [0.25, 0.3) is 5.91 Å². The van der Waals surface area contributed by atoms with E-state index in [-0.39, 0.29) is 42.9 Å². The standard InChI is InChI=1S/C41H62N6O10/c1-11-30-41(8)34-24(4)31(43-16-17-47(34)39(51)57-41)22(2)19-40(7)35(56-38-32(48)29(46(9)10)18-23(3)54-38)25(5)33(26(6)37(50)55-30)52-20-27(21-53-40)44-45-36(49)28-14-12-13-15-42-28/h12-15,22-26,29-30,32-35,38,48H,11,16-21H2,1-10H3,(H,45,49)/b44-27+/t22-,23+,24+,25-,26-,29-,30+,32+,33+,34-,35+,38-,40-,41-/m1/s1. The highest BCUT2D eigenvalue weighted by molar-refractivity contribution is 5.94. The highest BCUT2D eigenvalue weighted by Gasteiger charge is 2.60. The molecule has 0 spiro atoms. The number of aromatic nitrogens is 1. The van der Waals surface area contributed by atoms with Crippen molar-refractivity contribution in [3.8, 4) is 0 Å². The molecule has 2 amide bonds. The maximum Gasteiger partial charge on any atom is 0.410 e. The zero-order chi connectivity index (χ0) is 41.4. The number of hydrogen-bond acceptors (Lipinski definition) is 14. The zero-order valence-corrected chi connectivity index (χ0v) is 35.0. The van der Waals surface area contributed by atoms with Crippen LogP contribution in [0.25, 0.3) is 0 Å². The second-order valence-electron chi connectivity index (χ2n) is 17.2. The number of aliphatic imine (C=N–C) groups is 1. The van der Waals surface area contributed by atoms with Crippen LogP contribution in [-0.4, -0.2) is 150 Å². The second kappa shape index (κ2) is 17.4. The molecule has 16 heteroatoms. The predicted molar refractivity (Wildman–Crippen MR) is 210 cm³/mol. The lowest BCUT2D eigenvalue weighted by molar-refractivity contribution is -0.302. The number of amides is 2. The normalized spacial score (nSPS) is 41.2. The minimum Gasteiger partial charge on any atom is -0.458 e. The number of likely N-dealkylation sites (N-methyl/N-ethyl adjacent to an activating group) is 1. The van der Waals surface area contributed by atoms with Gasteiger partial charge in [-0.2, -0.15) is 5.10 Å². The Morgan fingerprint density at radius 2 is 1.88 bits per heavy atom. The summed E-state index contributed by atoms with van der Waals surface area (Å²) in [5, 5.41) is 16.2. The summed E-state index contributed by atoms with van der Waals surface area (Å²) in [5.74, 6) is -2.94. The van der Waals surface area contributed by atoms with Gasteiger partial charge in [0, 0.05) is 36.3 Å². The Bertz CT molecular complexity index is 1680. The van der Waals surface area contributed by atoms with E-state index in [4.69, 9.17) is 33.4 Å². The molecule has 1 aromatic rings. The number of hydrazone groups is 1. The van der Waals surface area contributed by atoms with E-state index in [0.717, 1.165) is 5.71 Å². The smallest absolute Gasteiger partial charge is 0.410 e. The van der Waals surface area contributed by atoms with Gasteiger partial charge in [-0.05, 0) is 79.1 Å². The van der Waals surface area contributed by atoms with Crippen molar-refractivity contribution in [3.05, 3.63) is 30.1 Å². The summed E-state index contributed by atoms with van der Waals surface area (Å²) in [4.78, 5) is 53.9. The molecule has 0 aromatic carbocycles. The highest BCUT2D eigenvalue weighted by Crippen LogP contribution is 2.45. The van der Waals surface area contributed by atoms with Crippen molar-refractivity contribution >= 4 is 29.4 Å². The quantitative estimate of drug-likeness (QED) is 0.317. The lowest BCUT2D eigenvalue weighted by atomic mass is 9.72. The molecule has 6 rings (SSSR count). The van der Waals surface area contributed by atoms with Gasteiger partial charge in [0.15, 0.2) is 11.9 Å². The molecule has 1 aromatic heterocycles. The van der Waals surface area contributed by atoms with E-state index in [1.54, 1.807) is 30.0 Å². The molecule has 16 nitrogen and oxygen atoms in total. The minimum absolute atomic E-state index is 0.0641. The van der Waals surface area contributed by atoms with Crippen LogP contribution in [0.15, 0.2) is 34.5 Å². The van der Waals surface area contributed by atoms with Crippen molar-refractivity contribution in [3.63, 3.8) is 0 Å². The third-order valence-electron chi connectivity index (χ3n) is 12.8. The maximum atomic E-state index is 14.5. The Kier molecular flexibility index (Phi) is 13.1. The first-order valence-electron chi connectivity index (χ1n) is 20.4. The number of nitrogens with one attached hydrogen (secondary N) is 1. The Morgan fingerprint density at radius 3 is 2.56 bits per heavy atom. The van der Waals surface area contributed by atoms with Gasteiger partial charge in [0.2, 0.25) is 0 Å². The molecule has 4 saturated heterocycles. The lowest BCUT2D eigenvalue weighted by Crippen LogP contribution is -2.60. The fourth-order valence-electron chi connectivity index (χ4n) is 9.92. The largest absolute Gasteiger partial charge is 0.458 e. The molecule has 0 radical (unpaired) electrons. The predicted octanol–water partition coefficient (Wildman–Crippen LogP) is 3.46. The summed E-state index contributed by atoms with van der Waals surface area (Å²) in [6, 6.07) is 4.32. The number of cyclic esters (lactones) is 1. The fraction of sp³-hybridized carbons (Fsp3) is 0.756. The molecule has 0 aliphatic carbocycles. The first kappa shape index (κ1) is 43.0. The molecule has 5 aliphatic rings. The van der Waals surface area contributed by atoms with Gasteiger partial charge in [0.05, 0.1) is 61.3 Å². The molecule has 316 valence electrons. The van der Waals surface area contributed by atoms with Crippen LogP contribution in [0.2, 0.25) is 0 Å². The summed E-state index contributed by atoms with van der Waals surface area (Å²) >= 11 is 0. The van der Waals surface area contributed by atoms with E-state index >= 15 is 0 Å². The van der Waals surface area contributed by atoms with Crippen LogP contribution in [0.1, 0.15) is 85.1 Å². The number of nitrogens with zero attached hydrogens (tertiary/aromatic N) is 5. The number of pyridine rings is 1. The monoisotopic (exact) mass is 798 g/mol. The summed E-state index contributed by atoms with van der Waals surface area (Å²) < 4.78 is 39.5. The average Bonchev–Trinajstić information content (AvgIpc) is 3.32. The van der Waals surface area contributed by atoms with Crippen molar-refractivity contribution in [2.24, 2.45) is 33.8 Å². The Labute approximate surface area is 336 Å². The molecule has 6 heterocycles. The van der Waals surface area contributed by atoms with Crippen molar-refractivity contribution in [2.75, 3.05) is 40.4 Å². The van der Waals surface area contributed by atoms with Crippen LogP contribution < -0.4 is 5.43 Å². The van der Waals surface area contributed by atoms with E-state index in [9.17, 15) is 19.5 Å². The number of ether oxygens (including phenoxy) is 6. The molecule has 0 unspecified atom stereocenters. The van der Waals surface area contributed by atoms with Crippen molar-refractivity contribution in [1.29, 1.82) is 0 Å². The molecule has 5 aliphatic heterocycles. The van der Waals surface area contributed by atoms with Crippen LogP contribution in [0, 0.1) is 23.7 Å². The number of aliphatic hydroxyl groups is 1. The summed E-state index contributed by atoms with van der Waals surface area (Å²) in [7, 11) is 3.84. The number of aliphatic hydroxyl groups excluding tert-OH is 1. The highest BCUT2D eigenvalue weighted by atomic mass is 16.7. The molecule has 4 bridgehead atoms. The van der Waals surface area contributed by atoms with Gasteiger partial charge >= 0.3 is 12.1 Å². The molecule has 14 atom stereocenters. The average molecular weight is 799 g/mol. The maximum absolute atomic E-state index is 14.5. The number of esters is 1. The van der Waals surface area contributed by atoms with Crippen LogP contribution in [0.3, 0.4) is 0 Å². The van der Waals surface area contributed by atoms with E-state index in [0.29, 0.717) is 38.1 Å². The van der Waals surface area contributed by atoms with Crippen molar-refractivity contribution < 1.29 is 47.9 Å². The third kappa shape index (κ3) is 8.62. The van der Waals surface area contributed by atoms with Gasteiger partial charge in [-0.15, -0.1) is 0 Å². The SMILES string of the molecule is CC[C@@H]1OC(=O)[C@H](C)[C@H]2OC/C(=N\NC(=O)c3ccccn3)CO[C@](C)(C[C@@H](C)C3=NCCN4C(=O)O[C@@]1(C)[C@H]4[C@H]3C)[C@@H](O[C@H]1O[C@@H](C)C[C@@H](N(C)C)[C@@H]1O)[C@@H]2C. The molecule has 0 saturated carbocycles. The van der Waals surface area contributed by atoms with Crippen LogP contribution in [-0.2, 0) is 33.2 Å². The second-order valence-corrected chi connectivity index (χ2v) is 17.2. The molecule has 57 heavy (non-hydrogen) atoms. The first-order valence-corrected chi connectivity index (χ1v) is 20.4. The molecule has 2 N–H and O–H groups in total. The van der Waals surface area contributed by atoms with E-state index in [2.05, 4.69) is 29.4 Å². The molecule has 4 fully saturated rings. The van der Waals surface area contributed by atoms with E-state index in [1.165, 1.54) is 6.20 Å². The Hall–Kier alpha value is -3.54. The Morgan fingerprint density at radius 1 is 1.12 bits per heavy atom. The van der Waals surface area contributed by atoms with Crippen LogP contribution in [0.5, 0.6) is 0 Å². The van der Waals surface area contributed by atoms with Crippen molar-refractivity contribution in [1.82, 2.24) is 20.2 Å². The summed E-state index contributed by atoms with van der Waals surface area (Å²) in [6.45, 7) is 16.1. The number of fused-ring (bicyclic) bond motifs is 4. The molecular formula is C41H62N6O10. The number of hydrogen-bond donors (Lipinski definition) is 2. The Balaban J connectivity index is 1.46. The number of carbonyl (C=O) groups excluding carboxylic acids is 3. The minimum atomic E-state index is -1.16.